The molecule has 0 radical (unpaired) electrons. The number of hydrogen-bond acceptors (Lipinski definition) is 6. The van der Waals surface area contributed by atoms with Gasteiger partial charge in [0.15, 0.2) is 0 Å². The van der Waals surface area contributed by atoms with Crippen molar-refractivity contribution in [3.05, 3.63) is 0 Å². The molecule has 2 unspecified atom stereocenters. The molecule has 328 valence electrons. The Balaban J connectivity index is 4.27. The Kier molecular flexibility index (Phi) is 41.6. The molecule has 0 saturated heterocycles. The minimum atomic E-state index is -0.000358. The van der Waals surface area contributed by atoms with Crippen LogP contribution in [-0.2, 0) is 19.1 Å². The third-order valence-corrected chi connectivity index (χ3v) is 11.7. The number of unbranched alkanes of at least 4 members (excludes halogenated alkanes) is 23. The van der Waals surface area contributed by atoms with Crippen LogP contribution in [-0.4, -0.2) is 59.9 Å². The highest BCUT2D eigenvalue weighted by molar-refractivity contribution is 5.69. The smallest absolute Gasteiger partial charge is 0.306 e. The van der Waals surface area contributed by atoms with Gasteiger partial charge >= 0.3 is 11.9 Å². The van der Waals surface area contributed by atoms with Crippen LogP contribution in [0.4, 0.5) is 0 Å². The number of hydrogen-bond donors (Lipinski definition) is 1. The van der Waals surface area contributed by atoms with Crippen LogP contribution in [0.15, 0.2) is 0 Å². The maximum absolute atomic E-state index is 12.8. The van der Waals surface area contributed by atoms with Gasteiger partial charge in [0.2, 0.25) is 0 Å². The van der Waals surface area contributed by atoms with E-state index in [0.717, 1.165) is 96.6 Å². The van der Waals surface area contributed by atoms with E-state index in [9.17, 15) is 14.7 Å². The maximum Gasteiger partial charge on any atom is 0.306 e. The zero-order valence-electron chi connectivity index (χ0n) is 37.8. The summed E-state index contributed by atoms with van der Waals surface area (Å²) in [5.41, 5.74) is 0. The fourth-order valence-corrected chi connectivity index (χ4v) is 7.94. The van der Waals surface area contributed by atoms with Gasteiger partial charge in [0.05, 0.1) is 0 Å². The van der Waals surface area contributed by atoms with Crippen molar-refractivity contribution in [2.75, 3.05) is 19.7 Å². The van der Waals surface area contributed by atoms with Gasteiger partial charge in [-0.05, 0) is 97.1 Å². The van der Waals surface area contributed by atoms with Crippen LogP contribution in [0.25, 0.3) is 0 Å². The van der Waals surface area contributed by atoms with Crippen LogP contribution in [0.5, 0.6) is 0 Å². The molecule has 6 nitrogen and oxygen atoms in total. The van der Waals surface area contributed by atoms with Crippen LogP contribution in [0.1, 0.15) is 266 Å². The van der Waals surface area contributed by atoms with E-state index in [1.165, 1.54) is 135 Å². The summed E-state index contributed by atoms with van der Waals surface area (Å²) in [5.74, 6) is 0.0185. The van der Waals surface area contributed by atoms with Crippen LogP contribution in [0, 0.1) is 0 Å². The molecule has 0 heterocycles. The van der Waals surface area contributed by atoms with Gasteiger partial charge in [-0.1, -0.05) is 169 Å². The summed E-state index contributed by atoms with van der Waals surface area (Å²) < 4.78 is 11.9. The molecule has 0 fully saturated rings. The van der Waals surface area contributed by atoms with Gasteiger partial charge in [0.1, 0.15) is 12.2 Å². The number of aliphatic hydroxyl groups is 1. The van der Waals surface area contributed by atoms with E-state index in [4.69, 9.17) is 9.47 Å². The standard InChI is InChI=1S/C49H97NO5/c1-6-10-13-16-21-28-36-46(35-9-4)54-48(52)39-31-24-19-26-33-42-50(45(5)41-44-51)43-34-27-20-25-32-40-49(53)55-47(37-29-22-17-14-11-7-2)38-30-23-18-15-12-8-3/h45-47,51H,6-44H2,1-5H3. The summed E-state index contributed by atoms with van der Waals surface area (Å²) in [4.78, 5) is 27.9. The van der Waals surface area contributed by atoms with Gasteiger partial charge in [0.25, 0.3) is 0 Å². The Morgan fingerprint density at radius 3 is 1.11 bits per heavy atom. The number of rotatable bonds is 44. The molecule has 0 amide bonds. The average molecular weight is 780 g/mol. The van der Waals surface area contributed by atoms with E-state index in [-0.39, 0.29) is 30.8 Å². The topological polar surface area (TPSA) is 76.1 Å². The van der Waals surface area contributed by atoms with Crippen molar-refractivity contribution in [2.45, 2.75) is 284 Å². The lowest BCUT2D eigenvalue weighted by Crippen LogP contribution is -2.35. The zero-order chi connectivity index (χ0) is 40.5. The van der Waals surface area contributed by atoms with Crippen molar-refractivity contribution in [3.63, 3.8) is 0 Å². The average Bonchev–Trinajstić information content (AvgIpc) is 3.17. The van der Waals surface area contributed by atoms with Crippen LogP contribution >= 0.6 is 0 Å². The molecule has 0 aromatic rings. The van der Waals surface area contributed by atoms with E-state index >= 15 is 0 Å². The molecule has 0 aliphatic heterocycles. The fraction of sp³-hybridized carbons (Fsp3) is 0.959. The van der Waals surface area contributed by atoms with E-state index in [1.807, 2.05) is 0 Å². The largest absolute Gasteiger partial charge is 0.462 e. The number of carbonyl (C=O) groups excluding carboxylic acids is 2. The molecular weight excluding hydrogens is 683 g/mol. The SMILES string of the molecule is CCCCCCCCC(CCC)OC(=O)CCCCCCCN(CCCCCCCC(=O)OC(CCCCCCCC)CCCCCCCC)C(C)CCO. The summed E-state index contributed by atoms with van der Waals surface area (Å²) in [6, 6.07) is 0.391. The lowest BCUT2D eigenvalue weighted by atomic mass is 10.0. The molecule has 0 aromatic heterocycles. The molecule has 6 heteroatoms. The fourth-order valence-electron chi connectivity index (χ4n) is 7.94. The zero-order valence-corrected chi connectivity index (χ0v) is 37.8. The van der Waals surface area contributed by atoms with Crippen molar-refractivity contribution < 1.29 is 24.2 Å². The van der Waals surface area contributed by atoms with Gasteiger partial charge in [-0.3, -0.25) is 9.59 Å². The minimum absolute atomic E-state index is 0.000358. The van der Waals surface area contributed by atoms with Gasteiger partial charge < -0.3 is 19.5 Å². The second kappa shape index (κ2) is 42.5. The molecule has 0 aliphatic rings. The molecule has 1 N–H and O–H groups in total. The van der Waals surface area contributed by atoms with E-state index < -0.39 is 0 Å². The molecule has 2 atom stereocenters. The first-order valence-electron chi connectivity index (χ1n) is 24.6. The van der Waals surface area contributed by atoms with Crippen molar-refractivity contribution >= 4 is 11.9 Å². The highest BCUT2D eigenvalue weighted by Crippen LogP contribution is 2.20. The first-order valence-corrected chi connectivity index (χ1v) is 24.6. The quantitative estimate of drug-likeness (QED) is 0.0490. The number of nitrogens with zero attached hydrogens (tertiary/aromatic N) is 1. The summed E-state index contributed by atoms with van der Waals surface area (Å²) >= 11 is 0. The monoisotopic (exact) mass is 780 g/mol. The maximum atomic E-state index is 12.8. The molecule has 0 bridgehead atoms. The first kappa shape index (κ1) is 53.9. The van der Waals surface area contributed by atoms with E-state index in [1.54, 1.807) is 0 Å². The summed E-state index contributed by atoms with van der Waals surface area (Å²) in [6.07, 6.45) is 41.4. The highest BCUT2D eigenvalue weighted by atomic mass is 16.5. The van der Waals surface area contributed by atoms with Crippen LogP contribution < -0.4 is 0 Å². The Labute approximate surface area is 343 Å². The number of ether oxygens (including phenoxy) is 2. The van der Waals surface area contributed by atoms with Crippen molar-refractivity contribution in [2.24, 2.45) is 0 Å². The van der Waals surface area contributed by atoms with Gasteiger partial charge in [-0.2, -0.15) is 0 Å². The Hall–Kier alpha value is -1.14. The van der Waals surface area contributed by atoms with Gasteiger partial charge in [0, 0.05) is 25.5 Å². The van der Waals surface area contributed by atoms with Gasteiger partial charge in [-0.25, -0.2) is 0 Å². The number of aliphatic hydroxyl groups excluding tert-OH is 1. The van der Waals surface area contributed by atoms with E-state index in [0.29, 0.717) is 18.9 Å². The third kappa shape index (κ3) is 36.9. The predicted octanol–water partition coefficient (Wildman–Crippen LogP) is 14.6. The summed E-state index contributed by atoms with van der Waals surface area (Å²) in [6.45, 7) is 13.6. The van der Waals surface area contributed by atoms with Crippen molar-refractivity contribution in [1.82, 2.24) is 4.90 Å². The molecule has 55 heavy (non-hydrogen) atoms. The Morgan fingerprint density at radius 1 is 0.418 bits per heavy atom. The first-order chi connectivity index (χ1) is 26.9. The van der Waals surface area contributed by atoms with Crippen molar-refractivity contribution in [3.8, 4) is 0 Å². The lowest BCUT2D eigenvalue weighted by Gasteiger charge is -2.29. The molecule has 0 aliphatic carbocycles. The normalized spacial score (nSPS) is 12.8. The molecule has 0 aromatic carbocycles. The van der Waals surface area contributed by atoms with Crippen LogP contribution in [0.2, 0.25) is 0 Å². The van der Waals surface area contributed by atoms with Crippen LogP contribution in [0.3, 0.4) is 0 Å². The molecular formula is C49H97NO5. The summed E-state index contributed by atoms with van der Waals surface area (Å²) in [5, 5.41) is 9.60. The highest BCUT2D eigenvalue weighted by Gasteiger charge is 2.16. The lowest BCUT2D eigenvalue weighted by molar-refractivity contribution is -0.151. The molecule has 0 rings (SSSR count). The summed E-state index contributed by atoms with van der Waals surface area (Å²) in [7, 11) is 0. The minimum Gasteiger partial charge on any atom is -0.462 e. The molecule has 0 saturated carbocycles. The van der Waals surface area contributed by atoms with Crippen molar-refractivity contribution in [1.29, 1.82) is 0 Å². The third-order valence-electron chi connectivity index (χ3n) is 11.7. The number of esters is 2. The Morgan fingerprint density at radius 2 is 0.745 bits per heavy atom. The van der Waals surface area contributed by atoms with Gasteiger partial charge in [-0.15, -0.1) is 0 Å². The molecule has 0 spiro atoms. The second-order valence-corrected chi connectivity index (χ2v) is 17.1. The second-order valence-electron chi connectivity index (χ2n) is 17.1. The Bertz CT molecular complexity index is 790. The number of carbonyl (C=O) groups is 2. The van der Waals surface area contributed by atoms with E-state index in [2.05, 4.69) is 39.5 Å². The predicted molar refractivity (Wildman–Crippen MR) is 237 cm³/mol.